The van der Waals surface area contributed by atoms with Crippen molar-refractivity contribution in [2.24, 2.45) is 0 Å². The summed E-state index contributed by atoms with van der Waals surface area (Å²) in [5.74, 6) is 0.993. The summed E-state index contributed by atoms with van der Waals surface area (Å²) in [7, 11) is 0. The molecule has 0 saturated carbocycles. The Hall–Kier alpha value is -1.58. The minimum atomic E-state index is 0.801. The zero-order chi connectivity index (χ0) is 12.4. The lowest BCUT2D eigenvalue weighted by Gasteiger charge is -2.29. The fraction of sp³-hybridized carbons (Fsp3) is 0.214. The van der Waals surface area contributed by atoms with E-state index in [1.54, 1.807) is 0 Å². The van der Waals surface area contributed by atoms with Crippen LogP contribution in [0.1, 0.15) is 11.1 Å². The van der Waals surface area contributed by atoms with Crippen LogP contribution in [0.3, 0.4) is 0 Å². The Morgan fingerprint density at radius 2 is 2.11 bits per heavy atom. The molecule has 2 heterocycles. The van der Waals surface area contributed by atoms with E-state index in [2.05, 4.69) is 27.3 Å². The van der Waals surface area contributed by atoms with Gasteiger partial charge >= 0.3 is 0 Å². The lowest BCUT2D eigenvalue weighted by atomic mass is 10.1. The van der Waals surface area contributed by atoms with Gasteiger partial charge in [-0.3, -0.25) is 4.90 Å². The Morgan fingerprint density at radius 1 is 1.22 bits per heavy atom. The molecule has 3 nitrogen and oxygen atoms in total. The van der Waals surface area contributed by atoms with Crippen molar-refractivity contribution < 1.29 is 0 Å². The smallest absolute Gasteiger partial charge is 0.131 e. The van der Waals surface area contributed by atoms with Crippen molar-refractivity contribution in [3.8, 4) is 0 Å². The Morgan fingerprint density at radius 3 is 3.00 bits per heavy atom. The predicted molar refractivity (Wildman–Crippen MR) is 73.4 cm³/mol. The molecule has 0 saturated heterocycles. The van der Waals surface area contributed by atoms with Gasteiger partial charge in [0.15, 0.2) is 0 Å². The second-order valence-corrected chi connectivity index (χ2v) is 4.83. The average molecular weight is 260 g/mol. The van der Waals surface area contributed by atoms with Crippen LogP contribution in [0, 0.1) is 0 Å². The summed E-state index contributed by atoms with van der Waals surface area (Å²) in [5, 5.41) is 4.15. The highest BCUT2D eigenvalue weighted by Gasteiger charge is 2.16. The quantitative estimate of drug-likeness (QED) is 0.898. The Kier molecular flexibility index (Phi) is 3.17. The Balaban J connectivity index is 1.75. The van der Waals surface area contributed by atoms with E-state index in [0.717, 1.165) is 36.2 Å². The molecule has 1 aliphatic heterocycles. The predicted octanol–water partition coefficient (Wildman–Crippen LogP) is 3.12. The zero-order valence-electron chi connectivity index (χ0n) is 9.94. The van der Waals surface area contributed by atoms with E-state index in [-0.39, 0.29) is 0 Å². The highest BCUT2D eigenvalue weighted by atomic mass is 35.5. The van der Waals surface area contributed by atoms with Gasteiger partial charge in [0.05, 0.1) is 6.67 Å². The summed E-state index contributed by atoms with van der Waals surface area (Å²) in [6, 6.07) is 12.1. The summed E-state index contributed by atoms with van der Waals surface area (Å²) in [5.41, 5.74) is 2.39. The second kappa shape index (κ2) is 4.96. The monoisotopic (exact) mass is 259 g/mol. The number of anilines is 1. The van der Waals surface area contributed by atoms with Crippen molar-refractivity contribution in [2.75, 3.05) is 12.0 Å². The maximum atomic E-state index is 6.18. The molecule has 4 heteroatoms. The van der Waals surface area contributed by atoms with Gasteiger partial charge in [-0.2, -0.15) is 0 Å². The van der Waals surface area contributed by atoms with Crippen LogP contribution in [0.25, 0.3) is 0 Å². The van der Waals surface area contributed by atoms with E-state index in [9.17, 15) is 0 Å². The first kappa shape index (κ1) is 11.5. The van der Waals surface area contributed by atoms with Gasteiger partial charge in [-0.25, -0.2) is 4.98 Å². The molecular weight excluding hydrogens is 246 g/mol. The molecule has 0 bridgehead atoms. The Bertz CT molecular complexity index is 556. The van der Waals surface area contributed by atoms with Crippen LogP contribution in [0.5, 0.6) is 0 Å². The first-order chi connectivity index (χ1) is 8.83. The Labute approximate surface area is 111 Å². The molecule has 0 fully saturated rings. The molecule has 18 heavy (non-hydrogen) atoms. The minimum absolute atomic E-state index is 0.801. The van der Waals surface area contributed by atoms with Crippen molar-refractivity contribution in [2.45, 2.75) is 13.1 Å². The van der Waals surface area contributed by atoms with Crippen molar-refractivity contribution in [1.82, 2.24) is 9.88 Å². The fourth-order valence-electron chi connectivity index (χ4n) is 2.19. The van der Waals surface area contributed by atoms with E-state index in [1.807, 2.05) is 30.5 Å². The molecule has 1 aromatic carbocycles. The minimum Gasteiger partial charge on any atom is -0.357 e. The topological polar surface area (TPSA) is 28.2 Å². The van der Waals surface area contributed by atoms with Crippen LogP contribution in [-0.2, 0) is 13.1 Å². The number of nitrogens with zero attached hydrogens (tertiary/aromatic N) is 2. The second-order valence-electron chi connectivity index (χ2n) is 4.42. The molecule has 3 rings (SSSR count). The number of pyridine rings is 1. The molecule has 1 aromatic heterocycles. The van der Waals surface area contributed by atoms with Gasteiger partial charge in [0.2, 0.25) is 0 Å². The van der Waals surface area contributed by atoms with E-state index in [1.165, 1.54) is 5.56 Å². The number of halogens is 1. The van der Waals surface area contributed by atoms with E-state index >= 15 is 0 Å². The summed E-state index contributed by atoms with van der Waals surface area (Å²) < 4.78 is 0. The molecule has 0 radical (unpaired) electrons. The standard InChI is InChI=1S/C14H14ClN3/c15-13-6-2-1-4-11(13)8-18-9-12-5-3-7-16-14(12)17-10-18/h1-7H,8-10H2,(H,16,17). The maximum Gasteiger partial charge on any atom is 0.131 e. The van der Waals surface area contributed by atoms with Crippen LogP contribution < -0.4 is 5.32 Å². The van der Waals surface area contributed by atoms with Crippen molar-refractivity contribution >= 4 is 17.4 Å². The van der Waals surface area contributed by atoms with Crippen LogP contribution in [0.2, 0.25) is 5.02 Å². The van der Waals surface area contributed by atoms with Crippen molar-refractivity contribution in [1.29, 1.82) is 0 Å². The average Bonchev–Trinajstić information content (AvgIpc) is 2.41. The number of hydrogen-bond acceptors (Lipinski definition) is 3. The van der Waals surface area contributed by atoms with Gasteiger partial charge in [-0.05, 0) is 17.7 Å². The van der Waals surface area contributed by atoms with Gasteiger partial charge in [-0.1, -0.05) is 35.9 Å². The maximum absolute atomic E-state index is 6.18. The SMILES string of the molecule is Clc1ccccc1CN1CNc2ncccc2C1. The molecule has 1 aliphatic rings. The van der Waals surface area contributed by atoms with Gasteiger partial charge < -0.3 is 5.32 Å². The molecule has 0 amide bonds. The van der Waals surface area contributed by atoms with Gasteiger partial charge in [-0.15, -0.1) is 0 Å². The van der Waals surface area contributed by atoms with Crippen molar-refractivity contribution in [3.05, 3.63) is 58.7 Å². The highest BCUT2D eigenvalue weighted by Crippen LogP contribution is 2.22. The number of rotatable bonds is 2. The summed E-state index contributed by atoms with van der Waals surface area (Å²) in [6.45, 7) is 2.55. The lowest BCUT2D eigenvalue weighted by Crippen LogP contribution is -2.33. The molecule has 0 spiro atoms. The number of fused-ring (bicyclic) bond motifs is 1. The van der Waals surface area contributed by atoms with Crippen LogP contribution in [0.15, 0.2) is 42.6 Å². The van der Waals surface area contributed by atoms with Crippen LogP contribution in [-0.4, -0.2) is 16.6 Å². The molecular formula is C14H14ClN3. The van der Waals surface area contributed by atoms with Crippen LogP contribution >= 0.6 is 11.6 Å². The zero-order valence-corrected chi connectivity index (χ0v) is 10.7. The third-order valence-electron chi connectivity index (χ3n) is 3.11. The first-order valence-electron chi connectivity index (χ1n) is 5.96. The normalized spacial score (nSPS) is 14.9. The molecule has 2 aromatic rings. The van der Waals surface area contributed by atoms with Gasteiger partial charge in [0.25, 0.3) is 0 Å². The number of aromatic nitrogens is 1. The third kappa shape index (κ3) is 2.33. The number of benzene rings is 1. The molecule has 0 unspecified atom stereocenters. The van der Waals surface area contributed by atoms with E-state index in [4.69, 9.17) is 11.6 Å². The summed E-state index contributed by atoms with van der Waals surface area (Å²) >= 11 is 6.18. The van der Waals surface area contributed by atoms with E-state index in [0.29, 0.717) is 0 Å². The van der Waals surface area contributed by atoms with Crippen LogP contribution in [0.4, 0.5) is 5.82 Å². The third-order valence-corrected chi connectivity index (χ3v) is 3.48. The largest absolute Gasteiger partial charge is 0.357 e. The fourth-order valence-corrected chi connectivity index (χ4v) is 2.38. The van der Waals surface area contributed by atoms with Gasteiger partial charge in [0, 0.05) is 29.9 Å². The summed E-state index contributed by atoms with van der Waals surface area (Å²) in [6.07, 6.45) is 1.82. The van der Waals surface area contributed by atoms with E-state index < -0.39 is 0 Å². The molecule has 0 atom stereocenters. The number of nitrogens with one attached hydrogen (secondary N) is 1. The highest BCUT2D eigenvalue weighted by molar-refractivity contribution is 6.31. The molecule has 0 aliphatic carbocycles. The molecule has 92 valence electrons. The van der Waals surface area contributed by atoms with Crippen molar-refractivity contribution in [3.63, 3.8) is 0 Å². The number of hydrogen-bond donors (Lipinski definition) is 1. The van der Waals surface area contributed by atoms with Gasteiger partial charge in [0.1, 0.15) is 5.82 Å². The first-order valence-corrected chi connectivity index (χ1v) is 6.34. The molecule has 1 N–H and O–H groups in total. The lowest BCUT2D eigenvalue weighted by molar-refractivity contribution is 0.266. The summed E-state index contributed by atoms with van der Waals surface area (Å²) in [4.78, 5) is 6.63.